The number of hydrogen-bond acceptors (Lipinski definition) is 4. The number of carbonyl (C=O) groups is 1. The average Bonchev–Trinajstić information content (AvgIpc) is 2.34. The maximum Gasteiger partial charge on any atom is 0.322 e. The summed E-state index contributed by atoms with van der Waals surface area (Å²) in [7, 11) is 0. The van der Waals surface area contributed by atoms with Crippen molar-refractivity contribution < 1.29 is 9.90 Å². The van der Waals surface area contributed by atoms with Crippen LogP contribution in [0.4, 0.5) is 5.82 Å². The molecule has 10 heavy (non-hydrogen) atoms. The van der Waals surface area contributed by atoms with Crippen LogP contribution in [-0.4, -0.2) is 22.6 Å². The van der Waals surface area contributed by atoms with Crippen LogP contribution in [0, 0.1) is 0 Å². The van der Waals surface area contributed by atoms with Crippen molar-refractivity contribution in [3.05, 3.63) is 10.9 Å². The van der Waals surface area contributed by atoms with Crippen molar-refractivity contribution in [2.24, 2.45) is 0 Å². The van der Waals surface area contributed by atoms with Crippen molar-refractivity contribution in [3.63, 3.8) is 0 Å². The van der Waals surface area contributed by atoms with Crippen LogP contribution in [-0.2, 0) is 4.79 Å². The van der Waals surface area contributed by atoms with E-state index in [9.17, 15) is 4.79 Å². The second kappa shape index (κ2) is 3.17. The third-order valence-corrected chi connectivity index (χ3v) is 1.44. The molecule has 0 aliphatic heterocycles. The molecular weight excluding hydrogens is 152 g/mol. The predicted octanol–water partition coefficient (Wildman–Crippen LogP) is 0.640. The van der Waals surface area contributed by atoms with Gasteiger partial charge in [-0.05, 0) is 0 Å². The van der Waals surface area contributed by atoms with Crippen molar-refractivity contribution in [2.75, 3.05) is 11.9 Å². The number of aromatic nitrogens is 1. The molecule has 1 rings (SSSR count). The highest BCUT2D eigenvalue weighted by molar-refractivity contribution is 7.07. The molecule has 0 unspecified atom stereocenters. The van der Waals surface area contributed by atoms with Gasteiger partial charge in [0.25, 0.3) is 0 Å². The smallest absolute Gasteiger partial charge is 0.322 e. The summed E-state index contributed by atoms with van der Waals surface area (Å²) in [6.07, 6.45) is 0. The minimum atomic E-state index is -0.881. The topological polar surface area (TPSA) is 62.2 Å². The Bertz CT molecular complexity index is 209. The van der Waals surface area contributed by atoms with Gasteiger partial charge in [0.1, 0.15) is 12.4 Å². The Morgan fingerprint density at radius 1 is 1.90 bits per heavy atom. The fourth-order valence-corrected chi connectivity index (χ4v) is 0.974. The first-order valence-corrected chi connectivity index (χ1v) is 3.57. The van der Waals surface area contributed by atoms with Crippen LogP contribution in [0.25, 0.3) is 0 Å². The van der Waals surface area contributed by atoms with Gasteiger partial charge in [0.15, 0.2) is 0 Å². The molecule has 0 atom stereocenters. The average molecular weight is 158 g/mol. The summed E-state index contributed by atoms with van der Waals surface area (Å²) in [4.78, 5) is 13.8. The number of rotatable bonds is 3. The second-order valence-corrected chi connectivity index (χ2v) is 2.34. The molecule has 0 saturated carbocycles. The molecule has 0 bridgehead atoms. The number of aliphatic carboxylic acids is 1. The zero-order valence-electron chi connectivity index (χ0n) is 5.07. The maximum atomic E-state index is 10.0. The molecule has 54 valence electrons. The Kier molecular flexibility index (Phi) is 2.22. The van der Waals surface area contributed by atoms with Gasteiger partial charge in [0.05, 0.1) is 5.51 Å². The molecule has 0 aromatic carbocycles. The van der Waals surface area contributed by atoms with Crippen LogP contribution < -0.4 is 5.32 Å². The fraction of sp³-hybridized carbons (Fsp3) is 0.200. The van der Waals surface area contributed by atoms with E-state index in [2.05, 4.69) is 10.3 Å². The normalized spacial score (nSPS) is 9.20. The molecule has 5 heteroatoms. The molecule has 0 aliphatic carbocycles. The lowest BCUT2D eigenvalue weighted by atomic mass is 10.6. The van der Waals surface area contributed by atoms with Crippen LogP contribution >= 0.6 is 11.3 Å². The third kappa shape index (κ3) is 2.02. The van der Waals surface area contributed by atoms with Crippen molar-refractivity contribution in [2.45, 2.75) is 0 Å². The molecule has 0 saturated heterocycles. The number of carboxylic acids is 1. The Morgan fingerprint density at radius 3 is 3.20 bits per heavy atom. The summed E-state index contributed by atoms with van der Waals surface area (Å²) in [6, 6.07) is 0. The van der Waals surface area contributed by atoms with Crippen molar-refractivity contribution in [1.29, 1.82) is 0 Å². The van der Waals surface area contributed by atoms with Crippen molar-refractivity contribution in [1.82, 2.24) is 4.98 Å². The zero-order chi connectivity index (χ0) is 7.40. The summed E-state index contributed by atoms with van der Waals surface area (Å²) >= 11 is 1.42. The van der Waals surface area contributed by atoms with E-state index in [1.807, 2.05) is 0 Å². The number of nitrogens with one attached hydrogen (secondary N) is 1. The van der Waals surface area contributed by atoms with Crippen molar-refractivity contribution in [3.8, 4) is 0 Å². The molecule has 0 aliphatic rings. The van der Waals surface area contributed by atoms with Crippen LogP contribution in [0.3, 0.4) is 0 Å². The van der Waals surface area contributed by atoms with E-state index in [0.29, 0.717) is 5.82 Å². The number of nitrogens with zero attached hydrogens (tertiary/aromatic N) is 1. The molecule has 0 fully saturated rings. The molecule has 1 aromatic rings. The first kappa shape index (κ1) is 7.01. The van der Waals surface area contributed by atoms with Crippen LogP contribution in [0.5, 0.6) is 0 Å². The summed E-state index contributed by atoms with van der Waals surface area (Å²) in [6.45, 7) is -0.0796. The quantitative estimate of drug-likeness (QED) is 0.677. The van der Waals surface area contributed by atoms with E-state index < -0.39 is 5.97 Å². The standard InChI is InChI=1S/C5H6N2O2S/c8-5(9)1-6-4-2-10-3-7-4/h2-3,6H,1H2,(H,8,9). The minimum absolute atomic E-state index is 0.0796. The van der Waals surface area contributed by atoms with Crippen LogP contribution in [0.15, 0.2) is 10.9 Å². The molecular formula is C5H6N2O2S. The van der Waals surface area contributed by atoms with Gasteiger partial charge in [-0.3, -0.25) is 4.79 Å². The Labute approximate surface area is 61.5 Å². The Balaban J connectivity index is 2.35. The van der Waals surface area contributed by atoms with E-state index in [0.717, 1.165) is 0 Å². The lowest BCUT2D eigenvalue weighted by molar-refractivity contribution is -0.134. The molecule has 0 amide bonds. The van der Waals surface area contributed by atoms with E-state index >= 15 is 0 Å². The summed E-state index contributed by atoms with van der Waals surface area (Å²) in [5, 5.41) is 12.6. The molecule has 0 spiro atoms. The third-order valence-electron chi connectivity index (χ3n) is 0.853. The zero-order valence-corrected chi connectivity index (χ0v) is 5.89. The Morgan fingerprint density at radius 2 is 2.70 bits per heavy atom. The molecule has 4 nitrogen and oxygen atoms in total. The van der Waals surface area contributed by atoms with Gasteiger partial charge < -0.3 is 10.4 Å². The SMILES string of the molecule is O=C(O)CNc1cscn1. The molecule has 0 radical (unpaired) electrons. The number of thiazole rings is 1. The predicted molar refractivity (Wildman–Crippen MR) is 38.2 cm³/mol. The van der Waals surface area contributed by atoms with Gasteiger partial charge in [0.2, 0.25) is 0 Å². The van der Waals surface area contributed by atoms with E-state index in [1.165, 1.54) is 11.3 Å². The van der Waals surface area contributed by atoms with E-state index in [4.69, 9.17) is 5.11 Å². The van der Waals surface area contributed by atoms with Crippen LogP contribution in [0.2, 0.25) is 0 Å². The summed E-state index contributed by atoms with van der Waals surface area (Å²) in [5.74, 6) is -0.264. The lowest BCUT2D eigenvalue weighted by Crippen LogP contribution is -2.12. The highest BCUT2D eigenvalue weighted by atomic mass is 32.1. The number of carboxylic acid groups (broad SMARTS) is 1. The van der Waals surface area contributed by atoms with Gasteiger partial charge >= 0.3 is 5.97 Å². The van der Waals surface area contributed by atoms with Gasteiger partial charge in [-0.25, -0.2) is 4.98 Å². The monoisotopic (exact) mass is 158 g/mol. The maximum absolute atomic E-state index is 10.0. The Hall–Kier alpha value is -1.10. The highest BCUT2D eigenvalue weighted by Gasteiger charge is 1.96. The van der Waals surface area contributed by atoms with Crippen LogP contribution in [0.1, 0.15) is 0 Å². The van der Waals surface area contributed by atoms with E-state index in [1.54, 1.807) is 10.9 Å². The van der Waals surface area contributed by atoms with Gasteiger partial charge in [-0.2, -0.15) is 0 Å². The number of anilines is 1. The molecule has 1 aromatic heterocycles. The summed E-state index contributed by atoms with van der Waals surface area (Å²) in [5.41, 5.74) is 1.64. The first-order valence-electron chi connectivity index (χ1n) is 2.63. The van der Waals surface area contributed by atoms with Gasteiger partial charge in [-0.1, -0.05) is 0 Å². The van der Waals surface area contributed by atoms with E-state index in [-0.39, 0.29) is 6.54 Å². The highest BCUT2D eigenvalue weighted by Crippen LogP contribution is 2.05. The largest absolute Gasteiger partial charge is 0.480 e. The van der Waals surface area contributed by atoms with Gasteiger partial charge in [0, 0.05) is 5.38 Å². The number of hydrogen-bond donors (Lipinski definition) is 2. The first-order chi connectivity index (χ1) is 4.79. The van der Waals surface area contributed by atoms with Gasteiger partial charge in [-0.15, -0.1) is 11.3 Å². The second-order valence-electron chi connectivity index (χ2n) is 1.62. The summed E-state index contributed by atoms with van der Waals surface area (Å²) < 4.78 is 0. The lowest BCUT2D eigenvalue weighted by Gasteiger charge is -1.94. The minimum Gasteiger partial charge on any atom is -0.480 e. The molecule has 2 N–H and O–H groups in total. The fourth-order valence-electron chi connectivity index (χ4n) is 0.466. The molecule has 1 heterocycles. The van der Waals surface area contributed by atoms with Crippen molar-refractivity contribution >= 4 is 23.1 Å².